The highest BCUT2D eigenvalue weighted by molar-refractivity contribution is 5.79. The Morgan fingerprint density at radius 2 is 2.05 bits per heavy atom. The first-order chi connectivity index (χ1) is 9.17. The van der Waals surface area contributed by atoms with Crippen molar-refractivity contribution in [3.63, 3.8) is 0 Å². The Morgan fingerprint density at radius 1 is 1.37 bits per heavy atom. The molecule has 0 radical (unpaired) electrons. The van der Waals surface area contributed by atoms with Gasteiger partial charge in [-0.05, 0) is 43.7 Å². The first-order valence-corrected chi connectivity index (χ1v) is 6.13. The third-order valence-corrected chi connectivity index (χ3v) is 2.40. The number of ether oxygens (including phenoxy) is 2. The number of hydrogen-bond donors (Lipinski definition) is 0. The molecule has 1 aromatic rings. The van der Waals surface area contributed by atoms with Crippen molar-refractivity contribution in [3.05, 3.63) is 29.8 Å². The molecule has 1 aromatic carbocycles. The van der Waals surface area contributed by atoms with E-state index in [-0.39, 0.29) is 18.5 Å². The van der Waals surface area contributed by atoms with Gasteiger partial charge in [-0.1, -0.05) is 5.16 Å². The van der Waals surface area contributed by atoms with E-state index in [1.54, 1.807) is 13.1 Å². The molecule has 5 nitrogen and oxygen atoms in total. The Kier molecular flexibility index (Phi) is 6.43. The van der Waals surface area contributed by atoms with E-state index in [9.17, 15) is 4.79 Å². The summed E-state index contributed by atoms with van der Waals surface area (Å²) in [4.78, 5) is 16.1. The number of nitrogens with zero attached hydrogens (tertiary/aromatic N) is 1. The largest absolute Gasteiger partial charge is 0.494 e. The van der Waals surface area contributed by atoms with Crippen LogP contribution < -0.4 is 4.74 Å². The Balaban J connectivity index is 2.38. The second kappa shape index (κ2) is 8.13. The van der Waals surface area contributed by atoms with Crippen molar-refractivity contribution in [2.75, 3.05) is 20.3 Å². The monoisotopic (exact) mass is 265 g/mol. The van der Waals surface area contributed by atoms with Gasteiger partial charge in [-0.2, -0.15) is 0 Å². The van der Waals surface area contributed by atoms with Crippen LogP contribution in [-0.2, 0) is 14.4 Å². The van der Waals surface area contributed by atoms with Gasteiger partial charge < -0.3 is 14.3 Å². The molecule has 0 saturated carbocycles. The van der Waals surface area contributed by atoms with Gasteiger partial charge >= 0.3 is 5.97 Å². The number of carbonyl (C=O) groups is 1. The standard InChI is InChI=1S/C14H19NO4/c1-4-18-13-7-5-12(6-8-13)9-15-19-10-11(2)14(16)17-3/h5-9,11H,4,10H2,1-3H3/b15-9+/t11-/m1/s1. The zero-order chi connectivity index (χ0) is 14.1. The fourth-order valence-corrected chi connectivity index (χ4v) is 1.34. The van der Waals surface area contributed by atoms with E-state index >= 15 is 0 Å². The normalized spacial score (nSPS) is 12.2. The van der Waals surface area contributed by atoms with Gasteiger partial charge in [0, 0.05) is 0 Å². The molecule has 0 fully saturated rings. The van der Waals surface area contributed by atoms with Gasteiger partial charge in [0.05, 0.1) is 25.8 Å². The van der Waals surface area contributed by atoms with Crippen molar-refractivity contribution >= 4 is 12.2 Å². The summed E-state index contributed by atoms with van der Waals surface area (Å²) in [5, 5.41) is 3.80. The zero-order valence-electron chi connectivity index (χ0n) is 11.5. The van der Waals surface area contributed by atoms with E-state index in [0.717, 1.165) is 11.3 Å². The van der Waals surface area contributed by atoms with Crippen molar-refractivity contribution < 1.29 is 19.1 Å². The molecule has 1 rings (SSSR count). The van der Waals surface area contributed by atoms with Crippen LogP contribution in [0, 0.1) is 5.92 Å². The molecule has 1 atom stereocenters. The quantitative estimate of drug-likeness (QED) is 0.431. The minimum atomic E-state index is -0.331. The minimum absolute atomic E-state index is 0.195. The van der Waals surface area contributed by atoms with Crippen LogP contribution in [0.15, 0.2) is 29.4 Å². The van der Waals surface area contributed by atoms with E-state index in [2.05, 4.69) is 9.89 Å². The number of hydrogen-bond acceptors (Lipinski definition) is 5. The Hall–Kier alpha value is -2.04. The van der Waals surface area contributed by atoms with E-state index < -0.39 is 0 Å². The summed E-state index contributed by atoms with van der Waals surface area (Å²) in [6.07, 6.45) is 1.58. The minimum Gasteiger partial charge on any atom is -0.494 e. The van der Waals surface area contributed by atoms with Crippen molar-refractivity contribution in [2.24, 2.45) is 11.1 Å². The third-order valence-electron chi connectivity index (χ3n) is 2.40. The molecule has 0 saturated heterocycles. The predicted octanol–water partition coefficient (Wildman–Crippen LogP) is 2.24. The van der Waals surface area contributed by atoms with E-state index in [4.69, 9.17) is 9.57 Å². The van der Waals surface area contributed by atoms with Crippen molar-refractivity contribution in [1.29, 1.82) is 0 Å². The molecule has 0 aromatic heterocycles. The summed E-state index contributed by atoms with van der Waals surface area (Å²) in [5.41, 5.74) is 0.897. The Labute approximate surface area is 113 Å². The van der Waals surface area contributed by atoms with Crippen molar-refractivity contribution in [1.82, 2.24) is 0 Å². The number of carbonyl (C=O) groups excluding carboxylic acids is 1. The summed E-state index contributed by atoms with van der Waals surface area (Å²) in [6, 6.07) is 7.48. The average Bonchev–Trinajstić information content (AvgIpc) is 2.44. The maximum atomic E-state index is 11.1. The van der Waals surface area contributed by atoms with Gasteiger partial charge in [0.15, 0.2) is 0 Å². The summed E-state index contributed by atoms with van der Waals surface area (Å²) in [5.74, 6) is 0.179. The van der Waals surface area contributed by atoms with Crippen molar-refractivity contribution in [3.8, 4) is 5.75 Å². The molecule has 0 aliphatic heterocycles. The van der Waals surface area contributed by atoms with E-state index in [1.807, 2.05) is 31.2 Å². The maximum Gasteiger partial charge on any atom is 0.311 e. The van der Waals surface area contributed by atoms with Gasteiger partial charge in [-0.15, -0.1) is 0 Å². The summed E-state index contributed by atoms with van der Waals surface area (Å²) >= 11 is 0. The molecule has 0 amide bonds. The Bertz CT molecular complexity index is 414. The average molecular weight is 265 g/mol. The van der Waals surface area contributed by atoms with Crippen LogP contribution in [0.5, 0.6) is 5.75 Å². The number of methoxy groups -OCH3 is 1. The van der Waals surface area contributed by atoms with E-state index in [1.165, 1.54) is 7.11 Å². The van der Waals surface area contributed by atoms with Gasteiger partial charge in [-0.3, -0.25) is 4.79 Å². The number of benzene rings is 1. The molecule has 5 heteroatoms. The lowest BCUT2D eigenvalue weighted by Gasteiger charge is -2.06. The first-order valence-electron chi connectivity index (χ1n) is 6.13. The van der Waals surface area contributed by atoms with Gasteiger partial charge in [0.25, 0.3) is 0 Å². The lowest BCUT2D eigenvalue weighted by Crippen LogP contribution is -2.17. The molecule has 0 spiro atoms. The molecule has 0 aliphatic carbocycles. The lowest BCUT2D eigenvalue weighted by atomic mass is 10.2. The summed E-state index contributed by atoms with van der Waals surface area (Å²) in [7, 11) is 1.35. The van der Waals surface area contributed by atoms with Crippen LogP contribution in [0.1, 0.15) is 19.4 Å². The molecule has 104 valence electrons. The molecular formula is C14H19NO4. The molecule has 0 N–H and O–H groups in total. The van der Waals surface area contributed by atoms with Gasteiger partial charge in [0.2, 0.25) is 0 Å². The number of oxime groups is 1. The molecule has 0 unspecified atom stereocenters. The van der Waals surface area contributed by atoms with Crippen LogP contribution in [0.2, 0.25) is 0 Å². The highest BCUT2D eigenvalue weighted by atomic mass is 16.6. The van der Waals surface area contributed by atoms with Crippen LogP contribution in [-0.4, -0.2) is 32.5 Å². The topological polar surface area (TPSA) is 57.1 Å². The summed E-state index contributed by atoms with van der Waals surface area (Å²) in [6.45, 7) is 4.49. The fourth-order valence-electron chi connectivity index (χ4n) is 1.34. The highest BCUT2D eigenvalue weighted by Gasteiger charge is 2.12. The van der Waals surface area contributed by atoms with Gasteiger partial charge in [-0.25, -0.2) is 0 Å². The predicted molar refractivity (Wildman–Crippen MR) is 72.3 cm³/mol. The number of rotatable bonds is 7. The molecule has 0 heterocycles. The second-order valence-electron chi connectivity index (χ2n) is 3.96. The zero-order valence-corrected chi connectivity index (χ0v) is 11.5. The van der Waals surface area contributed by atoms with Crippen LogP contribution >= 0.6 is 0 Å². The lowest BCUT2D eigenvalue weighted by molar-refractivity contribution is -0.146. The fraction of sp³-hybridized carbons (Fsp3) is 0.429. The third kappa shape index (κ3) is 5.42. The first kappa shape index (κ1) is 15.0. The van der Waals surface area contributed by atoms with Gasteiger partial charge in [0.1, 0.15) is 12.4 Å². The Morgan fingerprint density at radius 3 is 2.63 bits per heavy atom. The second-order valence-corrected chi connectivity index (χ2v) is 3.96. The molecule has 0 bridgehead atoms. The van der Waals surface area contributed by atoms with Crippen molar-refractivity contribution in [2.45, 2.75) is 13.8 Å². The summed E-state index contributed by atoms with van der Waals surface area (Å²) < 4.78 is 9.91. The maximum absolute atomic E-state index is 11.1. The van der Waals surface area contributed by atoms with Crippen LogP contribution in [0.25, 0.3) is 0 Å². The number of esters is 1. The van der Waals surface area contributed by atoms with Crippen LogP contribution in [0.3, 0.4) is 0 Å². The molecule has 19 heavy (non-hydrogen) atoms. The highest BCUT2D eigenvalue weighted by Crippen LogP contribution is 2.10. The molecule has 0 aliphatic rings. The smallest absolute Gasteiger partial charge is 0.311 e. The SMILES string of the molecule is CCOc1ccc(/C=N/OC[C@@H](C)C(=O)OC)cc1. The van der Waals surface area contributed by atoms with Crippen LogP contribution in [0.4, 0.5) is 0 Å². The van der Waals surface area contributed by atoms with E-state index in [0.29, 0.717) is 6.61 Å². The molecular weight excluding hydrogens is 246 g/mol.